The third-order valence-corrected chi connectivity index (χ3v) is 10.7. The van der Waals surface area contributed by atoms with Crippen LogP contribution < -0.4 is 5.32 Å². The number of nitrogens with one attached hydrogen (secondary N) is 1. The van der Waals surface area contributed by atoms with Gasteiger partial charge in [0.25, 0.3) is 0 Å². The second-order valence-corrected chi connectivity index (χ2v) is 12.0. The van der Waals surface area contributed by atoms with E-state index in [1.54, 1.807) is 0 Å². The molecule has 11 atom stereocenters. The van der Waals surface area contributed by atoms with Gasteiger partial charge in [-0.2, -0.15) is 0 Å². The van der Waals surface area contributed by atoms with Gasteiger partial charge < -0.3 is 20.6 Å². The summed E-state index contributed by atoms with van der Waals surface area (Å²) in [5.74, 6) is 2.27. The van der Waals surface area contributed by atoms with E-state index >= 15 is 0 Å². The Morgan fingerprint density at radius 2 is 1.65 bits per heavy atom. The Morgan fingerprint density at radius 1 is 0.968 bits per heavy atom. The Labute approximate surface area is 188 Å². The van der Waals surface area contributed by atoms with Gasteiger partial charge in [0, 0.05) is 13.0 Å². The van der Waals surface area contributed by atoms with Crippen molar-refractivity contribution in [3.8, 4) is 0 Å². The van der Waals surface area contributed by atoms with E-state index in [4.69, 9.17) is 0 Å². The number of aliphatic hydroxyl groups excluding tert-OH is 3. The zero-order valence-electron chi connectivity index (χ0n) is 20.0. The van der Waals surface area contributed by atoms with Crippen LogP contribution in [0.4, 0.5) is 0 Å². The van der Waals surface area contributed by atoms with E-state index in [2.05, 4.69) is 26.1 Å². The molecule has 4 fully saturated rings. The molecule has 4 aliphatic rings. The first-order valence-electron chi connectivity index (χ1n) is 12.9. The van der Waals surface area contributed by atoms with Crippen LogP contribution in [0.15, 0.2) is 0 Å². The fraction of sp³-hybridized carbons (Fsp3) is 0.962. The van der Waals surface area contributed by atoms with Gasteiger partial charge in [-0.05, 0) is 105 Å². The number of fused-ring (bicyclic) bond motifs is 5. The van der Waals surface area contributed by atoms with E-state index in [0.717, 1.165) is 32.1 Å². The maximum atomic E-state index is 12.0. The molecular formula is C26H45NO4. The number of rotatable bonds is 5. The molecule has 4 N–H and O–H groups in total. The van der Waals surface area contributed by atoms with Gasteiger partial charge in [-0.25, -0.2) is 0 Å². The molecular weight excluding hydrogens is 390 g/mol. The molecule has 5 nitrogen and oxygen atoms in total. The van der Waals surface area contributed by atoms with Gasteiger partial charge in [0.05, 0.1) is 18.3 Å². The molecule has 0 radical (unpaired) electrons. The zero-order chi connectivity index (χ0) is 22.6. The van der Waals surface area contributed by atoms with Gasteiger partial charge in [0.1, 0.15) is 0 Å². The van der Waals surface area contributed by atoms with E-state index in [-0.39, 0.29) is 34.7 Å². The molecule has 0 aromatic carbocycles. The van der Waals surface area contributed by atoms with E-state index < -0.39 is 12.2 Å². The van der Waals surface area contributed by atoms with Crippen molar-refractivity contribution >= 4 is 5.91 Å². The van der Waals surface area contributed by atoms with E-state index in [1.165, 1.54) is 12.8 Å². The van der Waals surface area contributed by atoms with Crippen molar-refractivity contribution in [1.82, 2.24) is 5.32 Å². The van der Waals surface area contributed by atoms with Crippen LogP contribution in [0.5, 0.6) is 0 Å². The lowest BCUT2D eigenvalue weighted by molar-refractivity contribution is -0.223. The normalized spacial score (nSPS) is 50.2. The van der Waals surface area contributed by atoms with Gasteiger partial charge >= 0.3 is 0 Å². The minimum Gasteiger partial charge on any atom is -0.393 e. The maximum Gasteiger partial charge on any atom is 0.219 e. The molecule has 4 saturated carbocycles. The van der Waals surface area contributed by atoms with Crippen molar-refractivity contribution in [2.45, 2.75) is 104 Å². The van der Waals surface area contributed by atoms with E-state index in [1.807, 2.05) is 6.92 Å². The lowest BCUT2D eigenvalue weighted by Crippen LogP contribution is -2.64. The topological polar surface area (TPSA) is 89.8 Å². The number of carbonyl (C=O) groups excluding carboxylic acids is 1. The number of hydrogen-bond donors (Lipinski definition) is 4. The Bertz CT molecular complexity index is 670. The van der Waals surface area contributed by atoms with Crippen LogP contribution in [0.3, 0.4) is 0 Å². The molecule has 0 aliphatic heterocycles. The second kappa shape index (κ2) is 8.61. The summed E-state index contributed by atoms with van der Waals surface area (Å²) in [5.41, 5.74) is 0.200. The molecule has 0 saturated heterocycles. The highest BCUT2D eigenvalue weighted by molar-refractivity contribution is 5.75. The SMILES string of the molecule is CCNC(=O)CCC(C)C1CCC2C3C(O)[C@@H](O)[C@@H]4C[C@H](O)CC[C@]4(C)C3CC[C@]12C. The van der Waals surface area contributed by atoms with Gasteiger partial charge in [0.15, 0.2) is 0 Å². The quantitative estimate of drug-likeness (QED) is 0.532. The van der Waals surface area contributed by atoms with Crippen LogP contribution in [-0.2, 0) is 4.79 Å². The van der Waals surface area contributed by atoms with Crippen LogP contribution in [0, 0.1) is 46.3 Å². The molecule has 1 amide bonds. The second-order valence-electron chi connectivity index (χ2n) is 12.0. The molecule has 31 heavy (non-hydrogen) atoms. The van der Waals surface area contributed by atoms with Crippen molar-refractivity contribution < 1.29 is 20.1 Å². The van der Waals surface area contributed by atoms with Crippen molar-refractivity contribution in [3.63, 3.8) is 0 Å². The summed E-state index contributed by atoms with van der Waals surface area (Å²) in [6, 6.07) is 0. The van der Waals surface area contributed by atoms with Crippen LogP contribution in [-0.4, -0.2) is 46.1 Å². The lowest BCUT2D eigenvalue weighted by atomic mass is 9.43. The number of carbonyl (C=O) groups is 1. The molecule has 4 rings (SSSR count). The summed E-state index contributed by atoms with van der Waals surface area (Å²) in [6.45, 7) is 9.74. The maximum absolute atomic E-state index is 12.0. The van der Waals surface area contributed by atoms with Crippen LogP contribution in [0.1, 0.15) is 85.5 Å². The molecule has 0 aromatic heterocycles. The number of amides is 1. The van der Waals surface area contributed by atoms with E-state index in [9.17, 15) is 20.1 Å². The van der Waals surface area contributed by atoms with Gasteiger partial charge in [-0.15, -0.1) is 0 Å². The first kappa shape index (κ1) is 23.5. The molecule has 0 spiro atoms. The number of hydrogen-bond acceptors (Lipinski definition) is 4. The summed E-state index contributed by atoms with van der Waals surface area (Å²) in [7, 11) is 0. The average Bonchev–Trinajstić information content (AvgIpc) is 3.08. The summed E-state index contributed by atoms with van der Waals surface area (Å²) < 4.78 is 0. The largest absolute Gasteiger partial charge is 0.393 e. The Kier molecular flexibility index (Phi) is 6.53. The summed E-state index contributed by atoms with van der Waals surface area (Å²) in [5, 5.41) is 35.7. The van der Waals surface area contributed by atoms with Crippen LogP contribution in [0.25, 0.3) is 0 Å². The first-order valence-corrected chi connectivity index (χ1v) is 12.9. The first-order chi connectivity index (χ1) is 14.6. The summed E-state index contributed by atoms with van der Waals surface area (Å²) in [6.07, 6.45) is 6.78. The van der Waals surface area contributed by atoms with Crippen LogP contribution in [0.2, 0.25) is 0 Å². The average molecular weight is 436 g/mol. The van der Waals surface area contributed by atoms with Crippen molar-refractivity contribution in [1.29, 1.82) is 0 Å². The summed E-state index contributed by atoms with van der Waals surface area (Å²) in [4.78, 5) is 12.0. The lowest BCUT2D eigenvalue weighted by Gasteiger charge is -2.63. The van der Waals surface area contributed by atoms with Crippen molar-refractivity contribution in [2.24, 2.45) is 46.3 Å². The molecule has 4 aliphatic carbocycles. The monoisotopic (exact) mass is 435 g/mol. The van der Waals surface area contributed by atoms with Gasteiger partial charge in [-0.3, -0.25) is 4.79 Å². The Balaban J connectivity index is 1.53. The Hall–Kier alpha value is -0.650. The van der Waals surface area contributed by atoms with Crippen molar-refractivity contribution in [3.05, 3.63) is 0 Å². The minimum absolute atomic E-state index is 0.00468. The predicted octanol–water partition coefficient (Wildman–Crippen LogP) is 3.50. The highest BCUT2D eigenvalue weighted by Gasteiger charge is 2.65. The Morgan fingerprint density at radius 3 is 2.35 bits per heavy atom. The van der Waals surface area contributed by atoms with Gasteiger partial charge in [-0.1, -0.05) is 20.8 Å². The molecule has 0 aromatic rings. The van der Waals surface area contributed by atoms with Crippen LogP contribution >= 0.6 is 0 Å². The molecule has 5 heteroatoms. The minimum atomic E-state index is -0.724. The third-order valence-electron chi connectivity index (χ3n) is 10.7. The molecule has 6 unspecified atom stereocenters. The highest BCUT2D eigenvalue weighted by Crippen LogP contribution is 2.68. The highest BCUT2D eigenvalue weighted by atomic mass is 16.3. The smallest absolute Gasteiger partial charge is 0.219 e. The molecule has 0 heterocycles. The summed E-state index contributed by atoms with van der Waals surface area (Å²) >= 11 is 0. The fourth-order valence-corrected chi connectivity index (χ4v) is 9.06. The standard InChI is InChI=1S/C26H45NO4/c1-5-27-21(29)9-6-15(2)17-7-8-18-22-19(11-13-25(17,18)3)26(4)12-10-16(28)14-20(26)23(30)24(22)31/h15-20,22-24,28,30-31H,5-14H2,1-4H3,(H,27,29)/t15?,16-,17?,18?,19?,20+,22?,23+,24?,25-,26-/m1/s1. The zero-order valence-corrected chi connectivity index (χ0v) is 20.0. The van der Waals surface area contributed by atoms with Gasteiger partial charge in [0.2, 0.25) is 5.91 Å². The van der Waals surface area contributed by atoms with E-state index in [0.29, 0.717) is 43.1 Å². The van der Waals surface area contributed by atoms with Crippen molar-refractivity contribution in [2.75, 3.05) is 6.54 Å². The predicted molar refractivity (Wildman–Crippen MR) is 121 cm³/mol. The third kappa shape index (κ3) is 3.77. The fourth-order valence-electron chi connectivity index (χ4n) is 9.06. The molecule has 0 bridgehead atoms. The molecule has 178 valence electrons. The number of aliphatic hydroxyl groups is 3.